The van der Waals surface area contributed by atoms with Crippen molar-refractivity contribution in [3.63, 3.8) is 0 Å². The Hall–Kier alpha value is -1.50. The smallest absolute Gasteiger partial charge is 0.206 e. The Morgan fingerprint density at radius 3 is 2.40 bits per heavy atom. The molecule has 1 aromatic carbocycles. The molecule has 1 atom stereocenters. The van der Waals surface area contributed by atoms with Crippen LogP contribution in [-0.2, 0) is 6.18 Å². The minimum atomic E-state index is -4.69. The van der Waals surface area contributed by atoms with Gasteiger partial charge < -0.3 is 0 Å². The summed E-state index contributed by atoms with van der Waals surface area (Å²) < 4.78 is 50.3. The summed E-state index contributed by atoms with van der Waals surface area (Å²) in [6, 6.07) is 3.10. The molecule has 0 aliphatic heterocycles. The second kappa shape index (κ2) is 3.93. The molecule has 0 spiro atoms. The van der Waals surface area contributed by atoms with Gasteiger partial charge in [-0.05, 0) is 13.0 Å². The van der Waals surface area contributed by atoms with Gasteiger partial charge in [0.1, 0.15) is 5.82 Å². The van der Waals surface area contributed by atoms with E-state index in [1.54, 1.807) is 0 Å². The summed E-state index contributed by atoms with van der Waals surface area (Å²) in [5.74, 6) is 0.238. The van der Waals surface area contributed by atoms with Gasteiger partial charge in [0.05, 0.1) is 5.56 Å². The molecule has 0 aromatic heterocycles. The molecular weight excluding hydrogens is 208 g/mol. The van der Waals surface area contributed by atoms with Gasteiger partial charge in [-0.3, -0.25) is 0 Å². The number of alkyl halides is 3. The number of rotatable bonds is 1. The Kier molecular flexibility index (Phi) is 3.04. The van der Waals surface area contributed by atoms with Gasteiger partial charge in [0, 0.05) is 11.5 Å². The number of hydrogen-bond donors (Lipinski definition) is 0. The molecule has 0 amide bonds. The van der Waals surface area contributed by atoms with Gasteiger partial charge in [-0.2, -0.15) is 13.2 Å². The number of hydrogen-bond acceptors (Lipinski definition) is 0. The van der Waals surface area contributed by atoms with E-state index >= 15 is 0 Å². The highest BCUT2D eigenvalue weighted by Gasteiger charge is 2.35. The molecule has 0 saturated heterocycles. The van der Waals surface area contributed by atoms with E-state index in [0.29, 0.717) is 6.07 Å². The molecule has 1 unspecified atom stereocenters. The lowest BCUT2D eigenvalue weighted by Crippen LogP contribution is -2.10. The van der Waals surface area contributed by atoms with Crippen molar-refractivity contribution in [3.8, 4) is 12.3 Å². The third-order valence-corrected chi connectivity index (χ3v) is 2.05. The maximum Gasteiger partial charge on any atom is 0.419 e. The number of halogens is 4. The molecule has 15 heavy (non-hydrogen) atoms. The average Bonchev–Trinajstić information content (AvgIpc) is 2.15. The van der Waals surface area contributed by atoms with Crippen LogP contribution in [0.5, 0.6) is 0 Å². The fourth-order valence-corrected chi connectivity index (χ4v) is 1.19. The van der Waals surface area contributed by atoms with Gasteiger partial charge in [-0.1, -0.05) is 18.1 Å². The van der Waals surface area contributed by atoms with Gasteiger partial charge in [0.15, 0.2) is 0 Å². The minimum Gasteiger partial charge on any atom is -0.206 e. The van der Waals surface area contributed by atoms with Crippen molar-refractivity contribution in [2.75, 3.05) is 0 Å². The Morgan fingerprint density at radius 2 is 1.93 bits per heavy atom. The molecule has 0 aliphatic carbocycles. The van der Waals surface area contributed by atoms with Gasteiger partial charge in [-0.15, -0.1) is 6.42 Å². The molecule has 0 fully saturated rings. The van der Waals surface area contributed by atoms with E-state index in [0.717, 1.165) is 6.07 Å². The van der Waals surface area contributed by atoms with E-state index in [1.807, 2.05) is 0 Å². The summed E-state index contributed by atoms with van der Waals surface area (Å²) in [5, 5.41) is 0. The number of benzene rings is 1. The first kappa shape index (κ1) is 11.6. The van der Waals surface area contributed by atoms with Crippen LogP contribution in [-0.4, -0.2) is 0 Å². The standard InChI is InChI=1S/C11H8F4/c1-3-7(2)8-5-4-6-9(10(8)12)11(13,14)15/h1,4-7H,2H3. The second-order valence-corrected chi connectivity index (χ2v) is 3.09. The molecule has 0 saturated carbocycles. The van der Waals surface area contributed by atoms with Crippen LogP contribution in [0, 0.1) is 18.2 Å². The maximum absolute atomic E-state index is 13.4. The van der Waals surface area contributed by atoms with Gasteiger partial charge in [0.2, 0.25) is 0 Å². The van der Waals surface area contributed by atoms with E-state index in [9.17, 15) is 17.6 Å². The zero-order chi connectivity index (χ0) is 11.6. The Labute approximate surface area is 84.9 Å². The fourth-order valence-electron chi connectivity index (χ4n) is 1.19. The molecule has 0 radical (unpaired) electrons. The van der Waals surface area contributed by atoms with Crippen LogP contribution in [0.4, 0.5) is 17.6 Å². The maximum atomic E-state index is 13.4. The van der Waals surface area contributed by atoms with Crippen LogP contribution in [0.25, 0.3) is 0 Å². The first-order valence-corrected chi connectivity index (χ1v) is 4.19. The molecule has 1 aromatic rings. The molecule has 0 heterocycles. The van der Waals surface area contributed by atoms with Crippen molar-refractivity contribution in [1.29, 1.82) is 0 Å². The summed E-state index contributed by atoms with van der Waals surface area (Å²) in [4.78, 5) is 0. The van der Waals surface area contributed by atoms with Crippen molar-refractivity contribution in [3.05, 3.63) is 35.1 Å². The Morgan fingerprint density at radius 1 is 1.33 bits per heavy atom. The summed E-state index contributed by atoms with van der Waals surface area (Å²) in [6.07, 6.45) is 0.348. The van der Waals surface area contributed by atoms with Crippen molar-refractivity contribution >= 4 is 0 Å². The molecule has 4 heteroatoms. The first-order valence-electron chi connectivity index (χ1n) is 4.19. The number of terminal acetylenes is 1. The summed E-state index contributed by atoms with van der Waals surface area (Å²) in [7, 11) is 0. The van der Waals surface area contributed by atoms with E-state index in [2.05, 4.69) is 5.92 Å². The second-order valence-electron chi connectivity index (χ2n) is 3.09. The van der Waals surface area contributed by atoms with Crippen LogP contribution in [0.3, 0.4) is 0 Å². The quantitative estimate of drug-likeness (QED) is 0.497. The average molecular weight is 216 g/mol. The normalized spacial score (nSPS) is 13.3. The SMILES string of the molecule is C#CC(C)c1cccc(C(F)(F)F)c1F. The van der Waals surface area contributed by atoms with Crippen LogP contribution >= 0.6 is 0 Å². The van der Waals surface area contributed by atoms with Crippen LogP contribution in [0.2, 0.25) is 0 Å². The molecule has 0 aliphatic rings. The molecule has 0 N–H and O–H groups in total. The van der Waals surface area contributed by atoms with Crippen molar-refractivity contribution in [2.45, 2.75) is 19.0 Å². The Bertz CT molecular complexity index is 398. The fraction of sp³-hybridized carbons (Fsp3) is 0.273. The molecular formula is C11H8F4. The minimum absolute atomic E-state index is 0.104. The predicted octanol–water partition coefficient (Wildman–Crippen LogP) is 3.58. The van der Waals surface area contributed by atoms with Gasteiger partial charge in [-0.25, -0.2) is 4.39 Å². The highest BCUT2D eigenvalue weighted by Crippen LogP contribution is 2.33. The van der Waals surface area contributed by atoms with Crippen LogP contribution in [0.1, 0.15) is 24.0 Å². The summed E-state index contributed by atoms with van der Waals surface area (Å²) >= 11 is 0. The first-order chi connectivity index (χ1) is 6.88. The molecule has 0 bridgehead atoms. The molecule has 0 nitrogen and oxygen atoms in total. The third-order valence-electron chi connectivity index (χ3n) is 2.05. The van der Waals surface area contributed by atoms with Crippen molar-refractivity contribution in [2.24, 2.45) is 0 Å². The zero-order valence-electron chi connectivity index (χ0n) is 7.90. The highest BCUT2D eigenvalue weighted by molar-refractivity contribution is 5.33. The van der Waals surface area contributed by atoms with Gasteiger partial charge >= 0.3 is 6.18 Å². The Balaban J connectivity index is 3.31. The largest absolute Gasteiger partial charge is 0.419 e. The molecule has 1 rings (SSSR count). The van der Waals surface area contributed by atoms with E-state index < -0.39 is 23.5 Å². The highest BCUT2D eigenvalue weighted by atomic mass is 19.4. The lowest BCUT2D eigenvalue weighted by atomic mass is 9.99. The van der Waals surface area contributed by atoms with Crippen LogP contribution < -0.4 is 0 Å². The summed E-state index contributed by atoms with van der Waals surface area (Å²) in [5.41, 5.74) is -1.38. The molecule has 80 valence electrons. The lowest BCUT2D eigenvalue weighted by Gasteiger charge is -2.12. The van der Waals surface area contributed by atoms with E-state index in [1.165, 1.54) is 13.0 Å². The zero-order valence-corrected chi connectivity index (χ0v) is 7.90. The monoisotopic (exact) mass is 216 g/mol. The summed E-state index contributed by atoms with van der Waals surface area (Å²) in [6.45, 7) is 1.47. The predicted molar refractivity (Wildman–Crippen MR) is 48.7 cm³/mol. The third kappa shape index (κ3) is 2.30. The van der Waals surface area contributed by atoms with E-state index in [-0.39, 0.29) is 5.56 Å². The lowest BCUT2D eigenvalue weighted by molar-refractivity contribution is -0.140. The van der Waals surface area contributed by atoms with E-state index in [4.69, 9.17) is 6.42 Å². The van der Waals surface area contributed by atoms with Crippen LogP contribution in [0.15, 0.2) is 18.2 Å². The van der Waals surface area contributed by atoms with Crippen molar-refractivity contribution in [1.82, 2.24) is 0 Å². The van der Waals surface area contributed by atoms with Gasteiger partial charge in [0.25, 0.3) is 0 Å². The van der Waals surface area contributed by atoms with Crippen molar-refractivity contribution < 1.29 is 17.6 Å². The topological polar surface area (TPSA) is 0 Å².